The van der Waals surface area contributed by atoms with Gasteiger partial charge in [0.25, 0.3) is 0 Å². The largest absolute Gasteiger partial charge is 0.468 e. The summed E-state index contributed by atoms with van der Waals surface area (Å²) in [6.07, 6.45) is 0. The van der Waals surface area contributed by atoms with Crippen LogP contribution < -0.4 is 10.6 Å². The minimum Gasteiger partial charge on any atom is -0.468 e. The smallest absolute Gasteiger partial charge is 0.319 e. The number of rotatable bonds is 6. The highest BCUT2D eigenvalue weighted by Gasteiger charge is 2.44. The number of allylic oxidation sites excluding steroid dienone is 1. The van der Waals surface area contributed by atoms with Gasteiger partial charge in [0.15, 0.2) is 0 Å². The lowest BCUT2D eigenvalue weighted by Crippen LogP contribution is -2.44. The Bertz CT molecular complexity index is 1190. The van der Waals surface area contributed by atoms with Gasteiger partial charge in [0.1, 0.15) is 5.92 Å². The Morgan fingerprint density at radius 2 is 1.94 bits per heavy atom. The van der Waals surface area contributed by atoms with Crippen LogP contribution in [0.15, 0.2) is 62.0 Å². The van der Waals surface area contributed by atoms with Gasteiger partial charge in [0.05, 0.1) is 29.5 Å². The molecular formula is C23H19Br2N3O4S. The molecule has 1 aliphatic heterocycles. The predicted octanol–water partition coefficient (Wildman–Crippen LogP) is 4.63. The first-order chi connectivity index (χ1) is 15.7. The van der Waals surface area contributed by atoms with Crippen LogP contribution in [0.3, 0.4) is 0 Å². The van der Waals surface area contributed by atoms with E-state index in [2.05, 4.69) is 48.6 Å². The lowest BCUT2D eigenvalue weighted by Gasteiger charge is -2.31. The molecule has 7 nitrogen and oxygen atoms in total. The summed E-state index contributed by atoms with van der Waals surface area (Å²) >= 11 is 7.81. The maximum absolute atomic E-state index is 12.9. The van der Waals surface area contributed by atoms with Crippen LogP contribution >= 0.6 is 43.6 Å². The molecule has 0 saturated heterocycles. The molecule has 2 amide bonds. The zero-order chi connectivity index (χ0) is 24.1. The molecular weight excluding hydrogens is 574 g/mol. The summed E-state index contributed by atoms with van der Waals surface area (Å²) in [6.45, 7) is 1.88. The second kappa shape index (κ2) is 11.0. The van der Waals surface area contributed by atoms with Crippen molar-refractivity contribution in [2.45, 2.75) is 12.8 Å². The molecule has 2 aromatic carbocycles. The number of hydrogen-bond donors (Lipinski definition) is 2. The number of nitriles is 1. The average Bonchev–Trinajstić information content (AvgIpc) is 2.78. The summed E-state index contributed by atoms with van der Waals surface area (Å²) < 4.78 is 6.48. The van der Waals surface area contributed by atoms with Crippen LogP contribution in [0.5, 0.6) is 0 Å². The molecule has 2 N–H and O–H groups in total. The molecule has 0 spiro atoms. The van der Waals surface area contributed by atoms with Crippen LogP contribution in [-0.4, -0.2) is 30.6 Å². The molecule has 1 aliphatic rings. The van der Waals surface area contributed by atoms with Crippen LogP contribution in [-0.2, 0) is 19.1 Å². The zero-order valence-corrected chi connectivity index (χ0v) is 21.6. The fraction of sp³-hybridized carbons (Fsp3) is 0.217. The Balaban J connectivity index is 1.89. The quantitative estimate of drug-likeness (QED) is 0.374. The van der Waals surface area contributed by atoms with Crippen LogP contribution in [0.25, 0.3) is 0 Å². The summed E-state index contributed by atoms with van der Waals surface area (Å²) in [5, 5.41) is 15.6. The van der Waals surface area contributed by atoms with Crippen LogP contribution in [0.2, 0.25) is 0 Å². The lowest BCUT2D eigenvalue weighted by molar-refractivity contribution is -0.150. The highest BCUT2D eigenvalue weighted by Crippen LogP contribution is 2.40. The number of carbonyl (C=O) groups excluding carboxylic acids is 3. The molecule has 3 rings (SSSR count). The summed E-state index contributed by atoms with van der Waals surface area (Å²) in [7, 11) is 1.20. The molecule has 0 saturated carbocycles. The molecule has 0 aromatic heterocycles. The molecule has 0 fully saturated rings. The van der Waals surface area contributed by atoms with Gasteiger partial charge in [-0.25, -0.2) is 0 Å². The summed E-state index contributed by atoms with van der Waals surface area (Å²) in [4.78, 5) is 37.8. The number of nitrogens with zero attached hydrogens (tertiary/aromatic N) is 1. The van der Waals surface area contributed by atoms with E-state index < -0.39 is 23.7 Å². The van der Waals surface area contributed by atoms with E-state index in [0.717, 1.165) is 26.3 Å². The Labute approximate surface area is 212 Å². The van der Waals surface area contributed by atoms with Crippen molar-refractivity contribution in [3.05, 3.63) is 73.1 Å². The fourth-order valence-electron chi connectivity index (χ4n) is 3.47. The number of carbonyl (C=O) groups is 3. The van der Waals surface area contributed by atoms with Gasteiger partial charge in [-0.05, 0) is 48.4 Å². The second-order valence-corrected chi connectivity index (χ2v) is 9.99. The summed E-state index contributed by atoms with van der Waals surface area (Å²) in [5.74, 6) is -3.71. The predicted molar refractivity (Wildman–Crippen MR) is 133 cm³/mol. The number of methoxy groups -OCH3 is 1. The molecule has 10 heteroatoms. The average molecular weight is 593 g/mol. The zero-order valence-electron chi connectivity index (χ0n) is 17.6. The van der Waals surface area contributed by atoms with Crippen molar-refractivity contribution in [3.63, 3.8) is 0 Å². The van der Waals surface area contributed by atoms with Crippen LogP contribution in [0.4, 0.5) is 5.69 Å². The fourth-order valence-corrected chi connectivity index (χ4v) is 5.21. The van der Waals surface area contributed by atoms with Gasteiger partial charge in [-0.15, -0.1) is 0 Å². The monoisotopic (exact) mass is 591 g/mol. The SMILES string of the molecule is COC(=O)[C@H]1C(=O)NC(SCC(=O)Nc2ccc(Br)cc2C)=C(C#N)[C@@H]1c1cccc(Br)c1. The van der Waals surface area contributed by atoms with Crippen molar-refractivity contribution in [1.82, 2.24) is 5.32 Å². The van der Waals surface area contributed by atoms with E-state index in [1.54, 1.807) is 30.3 Å². The van der Waals surface area contributed by atoms with E-state index in [4.69, 9.17) is 4.74 Å². The van der Waals surface area contributed by atoms with Crippen LogP contribution in [0, 0.1) is 24.2 Å². The molecule has 0 radical (unpaired) electrons. The van der Waals surface area contributed by atoms with E-state index in [-0.39, 0.29) is 22.3 Å². The molecule has 33 heavy (non-hydrogen) atoms. The number of anilines is 1. The number of halogens is 2. The minimum absolute atomic E-state index is 0.0373. The van der Waals surface area contributed by atoms with E-state index in [1.807, 2.05) is 19.1 Å². The van der Waals surface area contributed by atoms with Gasteiger partial charge in [-0.2, -0.15) is 5.26 Å². The van der Waals surface area contributed by atoms with Gasteiger partial charge < -0.3 is 15.4 Å². The number of esters is 1. The van der Waals surface area contributed by atoms with E-state index >= 15 is 0 Å². The number of hydrogen-bond acceptors (Lipinski definition) is 6. The number of ether oxygens (including phenoxy) is 1. The van der Waals surface area contributed by atoms with E-state index in [9.17, 15) is 19.6 Å². The first kappa shape index (κ1) is 25.0. The van der Waals surface area contributed by atoms with Gasteiger partial charge >= 0.3 is 5.97 Å². The van der Waals surface area contributed by atoms with Crippen LogP contribution in [0.1, 0.15) is 17.0 Å². The first-order valence-corrected chi connectivity index (χ1v) is 12.3. The first-order valence-electron chi connectivity index (χ1n) is 9.72. The molecule has 170 valence electrons. The van der Waals surface area contributed by atoms with Gasteiger partial charge in [-0.1, -0.05) is 55.8 Å². The Morgan fingerprint density at radius 1 is 1.21 bits per heavy atom. The molecule has 0 unspecified atom stereocenters. The Morgan fingerprint density at radius 3 is 2.58 bits per heavy atom. The standard InChI is InChI=1S/C23H19Br2N3O4S/c1-12-8-15(25)6-7-17(12)27-18(29)11-33-22-16(10-26)19(13-4-3-5-14(24)9-13)20(21(30)28-22)23(31)32-2/h3-9,19-20H,11H2,1-2H3,(H,27,29)(H,28,30)/t19-,20+/m0/s1. The molecule has 0 bridgehead atoms. The van der Waals surface area contributed by atoms with Gasteiger partial charge in [0, 0.05) is 20.6 Å². The summed E-state index contributed by atoms with van der Waals surface area (Å²) in [6, 6.07) is 14.7. The topological polar surface area (TPSA) is 108 Å². The van der Waals surface area contributed by atoms with Crippen molar-refractivity contribution >= 4 is 67.1 Å². The lowest BCUT2D eigenvalue weighted by atomic mass is 9.78. The van der Waals surface area contributed by atoms with Crippen molar-refractivity contribution in [3.8, 4) is 6.07 Å². The maximum atomic E-state index is 12.9. The van der Waals surface area contributed by atoms with Gasteiger partial charge in [0.2, 0.25) is 11.8 Å². The summed E-state index contributed by atoms with van der Waals surface area (Å²) in [5.41, 5.74) is 2.37. The maximum Gasteiger partial charge on any atom is 0.319 e. The van der Waals surface area contributed by atoms with E-state index in [0.29, 0.717) is 11.3 Å². The third kappa shape index (κ3) is 5.85. The second-order valence-electron chi connectivity index (χ2n) is 7.17. The number of benzene rings is 2. The molecule has 1 heterocycles. The van der Waals surface area contributed by atoms with Crippen molar-refractivity contribution in [2.75, 3.05) is 18.2 Å². The molecule has 2 aromatic rings. The number of amides is 2. The number of thioether (sulfide) groups is 1. The van der Waals surface area contributed by atoms with Crippen molar-refractivity contribution < 1.29 is 19.1 Å². The Kier molecular flexibility index (Phi) is 8.35. The van der Waals surface area contributed by atoms with E-state index in [1.165, 1.54) is 7.11 Å². The van der Waals surface area contributed by atoms with Gasteiger partial charge in [-0.3, -0.25) is 14.4 Å². The third-order valence-electron chi connectivity index (χ3n) is 5.00. The third-order valence-corrected chi connectivity index (χ3v) is 7.01. The number of aryl methyl sites for hydroxylation is 1. The number of nitrogens with one attached hydrogen (secondary N) is 2. The molecule has 0 aliphatic carbocycles. The normalized spacial score (nSPS) is 17.7. The highest BCUT2D eigenvalue weighted by molar-refractivity contribution is 9.10. The highest BCUT2D eigenvalue weighted by atomic mass is 79.9. The molecule has 2 atom stereocenters. The van der Waals surface area contributed by atoms with Crippen molar-refractivity contribution in [1.29, 1.82) is 5.26 Å². The Hall–Kier alpha value is -2.61. The van der Waals surface area contributed by atoms with Crippen molar-refractivity contribution in [2.24, 2.45) is 5.92 Å². The minimum atomic E-state index is -1.22.